The van der Waals surface area contributed by atoms with E-state index in [1.807, 2.05) is 0 Å². The number of nitrogen functional groups attached to an aromatic ring is 1. The fourth-order valence-corrected chi connectivity index (χ4v) is 1.92. The molecule has 1 aromatic rings. The summed E-state index contributed by atoms with van der Waals surface area (Å²) in [5.74, 6) is -0.471. The normalized spacial score (nSPS) is 14.0. The van der Waals surface area contributed by atoms with Crippen LogP contribution in [-0.2, 0) is 4.79 Å². The van der Waals surface area contributed by atoms with Crippen molar-refractivity contribution >= 4 is 29.1 Å². The van der Waals surface area contributed by atoms with Gasteiger partial charge in [-0.1, -0.05) is 17.7 Å². The highest BCUT2D eigenvalue weighted by atomic mass is 35.5. The second kappa shape index (κ2) is 5.48. The first-order valence-corrected chi connectivity index (χ1v) is 6.45. The van der Waals surface area contributed by atoms with Gasteiger partial charge in [-0.25, -0.2) is 0 Å². The Morgan fingerprint density at radius 3 is 2.79 bits per heavy atom. The number of rotatable bonds is 4. The zero-order valence-corrected chi connectivity index (χ0v) is 11.4. The molecule has 0 aliphatic heterocycles. The van der Waals surface area contributed by atoms with Crippen molar-refractivity contribution in [3.05, 3.63) is 28.8 Å². The molecule has 2 rings (SSSR count). The van der Waals surface area contributed by atoms with Crippen LogP contribution in [0.5, 0.6) is 0 Å². The van der Waals surface area contributed by atoms with Crippen molar-refractivity contribution in [3.63, 3.8) is 0 Å². The van der Waals surface area contributed by atoms with Crippen LogP contribution in [-0.4, -0.2) is 36.3 Å². The summed E-state index contributed by atoms with van der Waals surface area (Å²) in [6.07, 6.45) is 2.04. The second-order valence-corrected chi connectivity index (χ2v) is 5.09. The van der Waals surface area contributed by atoms with E-state index in [1.54, 1.807) is 25.2 Å². The highest BCUT2D eigenvalue weighted by molar-refractivity contribution is 6.36. The third kappa shape index (κ3) is 3.38. The number of anilines is 1. The van der Waals surface area contributed by atoms with Gasteiger partial charge in [-0.3, -0.25) is 9.59 Å². The first-order chi connectivity index (χ1) is 8.99. The Morgan fingerprint density at radius 2 is 2.16 bits per heavy atom. The lowest BCUT2D eigenvalue weighted by Crippen LogP contribution is -2.39. The number of nitrogens with two attached hydrogens (primary N) is 1. The molecule has 6 heteroatoms. The molecular weight excluding hydrogens is 266 g/mol. The summed E-state index contributed by atoms with van der Waals surface area (Å²) in [7, 11) is 1.56. The molecule has 102 valence electrons. The quantitative estimate of drug-likeness (QED) is 0.816. The van der Waals surface area contributed by atoms with Crippen LogP contribution in [0.3, 0.4) is 0 Å². The SMILES string of the molecule is CN(CC(=O)NC1CC1)C(=O)c1cccc(N)c1Cl. The van der Waals surface area contributed by atoms with Gasteiger partial charge in [-0.05, 0) is 25.0 Å². The molecule has 0 atom stereocenters. The number of nitrogens with zero attached hydrogens (tertiary/aromatic N) is 1. The number of hydrogen-bond acceptors (Lipinski definition) is 3. The van der Waals surface area contributed by atoms with Crippen LogP contribution in [0.2, 0.25) is 5.02 Å². The Balaban J connectivity index is 2.01. The number of amides is 2. The average molecular weight is 282 g/mol. The number of benzene rings is 1. The third-order valence-corrected chi connectivity index (χ3v) is 3.35. The number of carbonyl (C=O) groups excluding carboxylic acids is 2. The van der Waals surface area contributed by atoms with Gasteiger partial charge < -0.3 is 16.0 Å². The van der Waals surface area contributed by atoms with Gasteiger partial charge in [0.25, 0.3) is 5.91 Å². The minimum Gasteiger partial charge on any atom is -0.398 e. The average Bonchev–Trinajstić information content (AvgIpc) is 3.15. The molecule has 0 aromatic heterocycles. The van der Waals surface area contributed by atoms with Crippen LogP contribution in [0.4, 0.5) is 5.69 Å². The van der Waals surface area contributed by atoms with E-state index in [2.05, 4.69) is 5.32 Å². The molecule has 5 nitrogen and oxygen atoms in total. The number of hydrogen-bond donors (Lipinski definition) is 2. The number of likely N-dealkylation sites (N-methyl/N-ethyl adjacent to an activating group) is 1. The van der Waals surface area contributed by atoms with E-state index in [-0.39, 0.29) is 29.4 Å². The molecular formula is C13H16ClN3O2. The Labute approximate surface area is 116 Å². The number of carbonyl (C=O) groups is 2. The lowest BCUT2D eigenvalue weighted by Gasteiger charge is -2.17. The summed E-state index contributed by atoms with van der Waals surface area (Å²) in [5.41, 5.74) is 6.31. The lowest BCUT2D eigenvalue weighted by atomic mass is 10.2. The molecule has 1 aliphatic rings. The minimum atomic E-state index is -0.316. The molecule has 1 fully saturated rings. The lowest BCUT2D eigenvalue weighted by molar-refractivity contribution is -0.121. The Kier molecular flexibility index (Phi) is 3.95. The molecule has 19 heavy (non-hydrogen) atoms. The largest absolute Gasteiger partial charge is 0.398 e. The van der Waals surface area contributed by atoms with Crippen LogP contribution in [0.25, 0.3) is 0 Å². The Bertz CT molecular complexity index is 515. The molecule has 3 N–H and O–H groups in total. The topological polar surface area (TPSA) is 75.4 Å². The standard InChI is InChI=1S/C13H16ClN3O2/c1-17(7-11(18)16-8-5-6-8)13(19)9-3-2-4-10(15)12(9)14/h2-4,8H,5-7,15H2,1H3,(H,16,18). The van der Waals surface area contributed by atoms with Crippen LogP contribution < -0.4 is 11.1 Å². The van der Waals surface area contributed by atoms with Crippen LogP contribution in [0, 0.1) is 0 Å². The highest BCUT2D eigenvalue weighted by Gasteiger charge is 2.25. The monoisotopic (exact) mass is 281 g/mol. The van der Waals surface area contributed by atoms with Crippen molar-refractivity contribution in [1.82, 2.24) is 10.2 Å². The zero-order valence-electron chi connectivity index (χ0n) is 10.6. The maximum absolute atomic E-state index is 12.2. The molecule has 0 saturated heterocycles. The maximum atomic E-state index is 12.2. The molecule has 0 spiro atoms. The van der Waals surface area contributed by atoms with Gasteiger partial charge in [0.15, 0.2) is 0 Å². The van der Waals surface area contributed by atoms with Gasteiger partial charge >= 0.3 is 0 Å². The summed E-state index contributed by atoms with van der Waals surface area (Å²) < 4.78 is 0. The fraction of sp³-hybridized carbons (Fsp3) is 0.385. The molecule has 0 unspecified atom stereocenters. The molecule has 0 heterocycles. The van der Waals surface area contributed by atoms with Crippen molar-refractivity contribution in [2.45, 2.75) is 18.9 Å². The molecule has 0 bridgehead atoms. The summed E-state index contributed by atoms with van der Waals surface area (Å²) in [5, 5.41) is 3.05. The van der Waals surface area contributed by atoms with Gasteiger partial charge in [0.1, 0.15) is 0 Å². The molecule has 2 amide bonds. The van der Waals surface area contributed by atoms with Crippen molar-refractivity contribution in [1.29, 1.82) is 0 Å². The summed E-state index contributed by atoms with van der Waals surface area (Å²) in [6, 6.07) is 5.16. The second-order valence-electron chi connectivity index (χ2n) is 4.71. The molecule has 1 aromatic carbocycles. The predicted molar refractivity (Wildman–Crippen MR) is 74.0 cm³/mol. The smallest absolute Gasteiger partial charge is 0.255 e. The van der Waals surface area contributed by atoms with Crippen molar-refractivity contribution in [2.75, 3.05) is 19.3 Å². The maximum Gasteiger partial charge on any atom is 0.255 e. The highest BCUT2D eigenvalue weighted by Crippen LogP contribution is 2.24. The van der Waals surface area contributed by atoms with E-state index in [0.29, 0.717) is 11.3 Å². The van der Waals surface area contributed by atoms with E-state index in [1.165, 1.54) is 4.90 Å². The first kappa shape index (κ1) is 13.7. The van der Waals surface area contributed by atoms with Crippen LogP contribution in [0.1, 0.15) is 23.2 Å². The van der Waals surface area contributed by atoms with E-state index in [0.717, 1.165) is 12.8 Å². The van der Waals surface area contributed by atoms with E-state index in [9.17, 15) is 9.59 Å². The summed E-state index contributed by atoms with van der Waals surface area (Å²) in [6.45, 7) is 0.0143. The molecule has 1 saturated carbocycles. The Morgan fingerprint density at radius 1 is 1.47 bits per heavy atom. The van der Waals surface area contributed by atoms with Crippen molar-refractivity contribution < 1.29 is 9.59 Å². The van der Waals surface area contributed by atoms with Gasteiger partial charge in [0.2, 0.25) is 5.91 Å². The molecule has 0 radical (unpaired) electrons. The third-order valence-electron chi connectivity index (χ3n) is 2.93. The Hall–Kier alpha value is -1.75. The van der Waals surface area contributed by atoms with Gasteiger partial charge in [-0.2, -0.15) is 0 Å². The fourth-order valence-electron chi connectivity index (χ4n) is 1.71. The van der Waals surface area contributed by atoms with E-state index in [4.69, 9.17) is 17.3 Å². The van der Waals surface area contributed by atoms with Crippen molar-refractivity contribution in [2.24, 2.45) is 0 Å². The van der Waals surface area contributed by atoms with Gasteiger partial charge in [0, 0.05) is 13.1 Å². The van der Waals surface area contributed by atoms with Gasteiger partial charge in [-0.15, -0.1) is 0 Å². The van der Waals surface area contributed by atoms with E-state index < -0.39 is 0 Å². The predicted octanol–water partition coefficient (Wildman–Crippen LogP) is 1.27. The number of nitrogens with one attached hydrogen (secondary N) is 1. The number of halogens is 1. The summed E-state index contributed by atoms with van der Waals surface area (Å²) >= 11 is 5.99. The van der Waals surface area contributed by atoms with Gasteiger partial charge in [0.05, 0.1) is 22.8 Å². The summed E-state index contributed by atoms with van der Waals surface area (Å²) in [4.78, 5) is 25.1. The minimum absolute atomic E-state index is 0.0143. The van der Waals surface area contributed by atoms with E-state index >= 15 is 0 Å². The van der Waals surface area contributed by atoms with Crippen molar-refractivity contribution in [3.8, 4) is 0 Å². The van der Waals surface area contributed by atoms with Crippen LogP contribution in [0.15, 0.2) is 18.2 Å². The van der Waals surface area contributed by atoms with Crippen LogP contribution >= 0.6 is 11.6 Å². The first-order valence-electron chi connectivity index (χ1n) is 6.08. The molecule has 1 aliphatic carbocycles. The zero-order chi connectivity index (χ0) is 14.0.